The van der Waals surface area contributed by atoms with Gasteiger partial charge in [0.1, 0.15) is 0 Å². The molecule has 29 heavy (non-hydrogen) atoms. The van der Waals surface area contributed by atoms with Crippen molar-refractivity contribution in [1.29, 1.82) is 0 Å². The van der Waals surface area contributed by atoms with Crippen LogP contribution in [0.1, 0.15) is 29.2 Å². The summed E-state index contributed by atoms with van der Waals surface area (Å²) in [6, 6.07) is 0. The number of nitrogens with one attached hydrogen (secondary N) is 2. The van der Waals surface area contributed by atoms with E-state index in [9.17, 15) is 19.2 Å². The topological polar surface area (TPSA) is 111 Å². The molecule has 8 nitrogen and oxygen atoms in total. The van der Waals surface area contributed by atoms with Crippen LogP contribution >= 0.6 is 0 Å². The summed E-state index contributed by atoms with van der Waals surface area (Å²) in [5.74, 6) is -2.19. The molecule has 0 aliphatic carbocycles. The summed E-state index contributed by atoms with van der Waals surface area (Å²) >= 11 is 0. The molecule has 0 aliphatic heterocycles. The maximum absolute atomic E-state index is 12.2. The van der Waals surface area contributed by atoms with Crippen molar-refractivity contribution in [2.45, 2.75) is 34.1 Å². The normalized spacial score (nSPS) is 10.8. The molecule has 156 valence electrons. The van der Waals surface area contributed by atoms with Gasteiger partial charge in [-0.15, -0.1) is 0 Å². The fourth-order valence-electron chi connectivity index (χ4n) is 2.77. The zero-order valence-electron chi connectivity index (χ0n) is 17.5. The zero-order chi connectivity index (χ0) is 22.1. The van der Waals surface area contributed by atoms with E-state index in [1.165, 1.54) is 14.2 Å². The minimum Gasteiger partial charge on any atom is -0.466 e. The number of amides is 2. The lowest BCUT2D eigenvalue weighted by atomic mass is 9.93. The molecule has 2 N–H and O–H groups in total. The number of hydrogen-bond acceptors (Lipinski definition) is 6. The lowest BCUT2D eigenvalue weighted by Crippen LogP contribution is -2.17. The van der Waals surface area contributed by atoms with E-state index in [4.69, 9.17) is 0 Å². The quantitative estimate of drug-likeness (QED) is 0.536. The van der Waals surface area contributed by atoms with Gasteiger partial charge < -0.3 is 20.1 Å². The van der Waals surface area contributed by atoms with Gasteiger partial charge >= 0.3 is 11.9 Å². The first-order valence-electron chi connectivity index (χ1n) is 8.92. The number of ether oxygens (including phenoxy) is 2. The van der Waals surface area contributed by atoms with Crippen molar-refractivity contribution in [3.8, 4) is 0 Å². The van der Waals surface area contributed by atoms with Gasteiger partial charge in [0.2, 0.25) is 11.8 Å². The first kappa shape index (κ1) is 23.6. The summed E-state index contributed by atoms with van der Waals surface area (Å²) in [4.78, 5) is 46.7. The van der Waals surface area contributed by atoms with Crippen molar-refractivity contribution in [1.82, 2.24) is 0 Å². The number of rotatable bonds is 7. The molecule has 8 heteroatoms. The number of carbonyl (C=O) groups excluding carboxylic acids is 4. The third-order valence-electron chi connectivity index (χ3n) is 4.44. The van der Waals surface area contributed by atoms with Crippen molar-refractivity contribution < 1.29 is 28.7 Å². The van der Waals surface area contributed by atoms with E-state index in [0.29, 0.717) is 17.8 Å². The van der Waals surface area contributed by atoms with Crippen LogP contribution < -0.4 is 10.6 Å². The molecule has 2 amide bonds. The Labute approximate surface area is 169 Å². The molecular formula is C21H26N2O6. The molecular weight excluding hydrogens is 376 g/mol. The second-order valence-corrected chi connectivity index (χ2v) is 6.15. The molecule has 0 atom stereocenters. The second-order valence-electron chi connectivity index (χ2n) is 6.15. The molecule has 0 unspecified atom stereocenters. The highest BCUT2D eigenvalue weighted by molar-refractivity contribution is 6.06. The van der Waals surface area contributed by atoms with E-state index in [1.807, 2.05) is 27.7 Å². The van der Waals surface area contributed by atoms with Crippen LogP contribution in [-0.2, 0) is 35.1 Å². The van der Waals surface area contributed by atoms with Crippen LogP contribution in [0.3, 0.4) is 0 Å². The van der Waals surface area contributed by atoms with Crippen molar-refractivity contribution >= 4 is 35.1 Å². The Morgan fingerprint density at radius 3 is 1.55 bits per heavy atom. The summed E-state index contributed by atoms with van der Waals surface area (Å²) in [5.41, 5.74) is 4.43. The smallest absolute Gasteiger partial charge is 0.330 e. The van der Waals surface area contributed by atoms with Gasteiger partial charge in [0.15, 0.2) is 0 Å². The van der Waals surface area contributed by atoms with Crippen LogP contribution in [0, 0.1) is 20.8 Å². The van der Waals surface area contributed by atoms with E-state index in [2.05, 4.69) is 20.1 Å². The fourth-order valence-corrected chi connectivity index (χ4v) is 2.77. The molecule has 1 aromatic carbocycles. The fraction of sp³-hybridized carbons (Fsp3) is 0.333. The number of anilines is 2. The highest BCUT2D eigenvalue weighted by Crippen LogP contribution is 2.35. The maximum Gasteiger partial charge on any atom is 0.330 e. The average Bonchev–Trinajstić information content (AvgIpc) is 2.71. The van der Waals surface area contributed by atoms with Gasteiger partial charge in [-0.25, -0.2) is 9.59 Å². The molecule has 1 rings (SSSR count). The highest BCUT2D eigenvalue weighted by Gasteiger charge is 2.18. The first-order chi connectivity index (χ1) is 13.7. The van der Waals surface area contributed by atoms with Gasteiger partial charge in [0.25, 0.3) is 0 Å². The molecule has 0 aliphatic rings. The summed E-state index contributed by atoms with van der Waals surface area (Å²) in [5, 5.41) is 5.58. The van der Waals surface area contributed by atoms with E-state index in [0.717, 1.165) is 46.6 Å². The predicted octanol–water partition coefficient (Wildman–Crippen LogP) is 2.51. The molecule has 0 heterocycles. The number of hydrogen-bond donors (Lipinski definition) is 2. The monoisotopic (exact) mass is 402 g/mol. The van der Waals surface area contributed by atoms with E-state index in [1.54, 1.807) is 0 Å². The van der Waals surface area contributed by atoms with Gasteiger partial charge in [-0.1, -0.05) is 6.92 Å². The maximum atomic E-state index is 12.2. The first-order valence-corrected chi connectivity index (χ1v) is 8.92. The third-order valence-corrected chi connectivity index (χ3v) is 4.44. The van der Waals surface area contributed by atoms with Gasteiger partial charge in [0.05, 0.1) is 14.2 Å². The molecule has 0 bridgehead atoms. The number of methoxy groups -OCH3 is 2. The van der Waals surface area contributed by atoms with Crippen LogP contribution in [0.15, 0.2) is 24.3 Å². The van der Waals surface area contributed by atoms with Gasteiger partial charge in [-0.2, -0.15) is 0 Å². The van der Waals surface area contributed by atoms with Gasteiger partial charge in [-0.3, -0.25) is 9.59 Å². The third kappa shape index (κ3) is 6.31. The highest BCUT2D eigenvalue weighted by atomic mass is 16.5. The molecule has 0 aromatic heterocycles. The standard InChI is InChI=1S/C21H26N2O6/c1-7-15-14(4)20(22-16(24)8-10-18(26)28-5)12(2)13(3)21(15)23-17(25)9-11-19(27)29-6/h8-11H,7H2,1-6H3,(H,22,24)(H,23,25)/b10-8-,11-9-. The minimum absolute atomic E-state index is 0.468. The summed E-state index contributed by atoms with van der Waals surface area (Å²) in [6.45, 7) is 7.42. The van der Waals surface area contributed by atoms with E-state index in [-0.39, 0.29) is 0 Å². The van der Waals surface area contributed by atoms with Crippen LogP contribution in [0.25, 0.3) is 0 Å². The Kier molecular flexibility index (Phi) is 8.79. The molecule has 0 saturated carbocycles. The summed E-state index contributed by atoms with van der Waals surface area (Å²) < 4.78 is 8.94. The number of carbonyl (C=O) groups is 4. The molecule has 1 aromatic rings. The van der Waals surface area contributed by atoms with Crippen LogP contribution in [-0.4, -0.2) is 38.0 Å². The number of esters is 2. The second kappa shape index (κ2) is 10.8. The zero-order valence-corrected chi connectivity index (χ0v) is 17.5. The van der Waals surface area contributed by atoms with Crippen LogP contribution in [0.5, 0.6) is 0 Å². The predicted molar refractivity (Wildman–Crippen MR) is 110 cm³/mol. The average molecular weight is 402 g/mol. The van der Waals surface area contributed by atoms with Crippen molar-refractivity contribution in [2.24, 2.45) is 0 Å². The van der Waals surface area contributed by atoms with Crippen molar-refractivity contribution in [2.75, 3.05) is 24.9 Å². The van der Waals surface area contributed by atoms with Crippen LogP contribution in [0.4, 0.5) is 11.4 Å². The Hall–Kier alpha value is -3.42. The minimum atomic E-state index is -0.628. The van der Waals surface area contributed by atoms with Crippen molar-refractivity contribution in [3.05, 3.63) is 46.6 Å². The van der Waals surface area contributed by atoms with Crippen LogP contribution in [0.2, 0.25) is 0 Å². The number of benzene rings is 1. The molecule has 0 fully saturated rings. The van der Waals surface area contributed by atoms with E-state index < -0.39 is 23.8 Å². The lowest BCUT2D eigenvalue weighted by molar-refractivity contribution is -0.135. The largest absolute Gasteiger partial charge is 0.466 e. The Balaban J connectivity index is 3.24. The molecule has 0 spiro atoms. The van der Waals surface area contributed by atoms with E-state index >= 15 is 0 Å². The molecule has 0 saturated heterocycles. The van der Waals surface area contributed by atoms with Gasteiger partial charge in [-0.05, 0) is 49.4 Å². The van der Waals surface area contributed by atoms with Crippen molar-refractivity contribution in [3.63, 3.8) is 0 Å². The molecule has 0 radical (unpaired) electrons. The Morgan fingerprint density at radius 2 is 1.14 bits per heavy atom. The summed E-state index contributed by atoms with van der Waals surface area (Å²) in [6.07, 6.45) is 4.87. The lowest BCUT2D eigenvalue weighted by Gasteiger charge is -2.22. The Morgan fingerprint density at radius 1 is 0.724 bits per heavy atom. The van der Waals surface area contributed by atoms with Gasteiger partial charge in [0, 0.05) is 35.7 Å². The SMILES string of the molecule is CCc1c(C)c(NC(=O)/C=C\C(=O)OC)c(C)c(C)c1NC(=O)/C=C\C(=O)OC. The summed E-state index contributed by atoms with van der Waals surface area (Å²) in [7, 11) is 2.45. The Bertz CT molecular complexity index is 884.